The van der Waals surface area contributed by atoms with Gasteiger partial charge in [0.05, 0.1) is 16.3 Å². The number of aromatic nitrogens is 4. The van der Waals surface area contributed by atoms with Gasteiger partial charge in [-0.15, -0.1) is 0 Å². The summed E-state index contributed by atoms with van der Waals surface area (Å²) in [4.78, 5) is 13.5. The van der Waals surface area contributed by atoms with Gasteiger partial charge in [-0.1, -0.05) is 13.0 Å². The van der Waals surface area contributed by atoms with Crippen molar-refractivity contribution in [1.82, 2.24) is 19.4 Å². The van der Waals surface area contributed by atoms with Crippen LogP contribution in [0.25, 0.3) is 28.3 Å². The van der Waals surface area contributed by atoms with Crippen molar-refractivity contribution in [2.75, 3.05) is 5.75 Å². The fourth-order valence-electron chi connectivity index (χ4n) is 2.77. The lowest BCUT2D eigenvalue weighted by Crippen LogP contribution is -2.07. The van der Waals surface area contributed by atoms with Crippen LogP contribution in [0.3, 0.4) is 0 Å². The normalized spacial score (nSPS) is 11.8. The molecule has 136 valence electrons. The van der Waals surface area contributed by atoms with Gasteiger partial charge in [-0.25, -0.2) is 13.4 Å². The minimum Gasteiger partial charge on any atom is -0.306 e. The summed E-state index contributed by atoms with van der Waals surface area (Å²) in [7, 11) is -3.49. The number of pyridine rings is 3. The maximum absolute atomic E-state index is 12.8. The summed E-state index contributed by atoms with van der Waals surface area (Å²) in [6, 6.07) is 11.0. The molecule has 0 unspecified atom stereocenters. The first-order valence-corrected chi connectivity index (χ1v) is 11.0. The van der Waals surface area contributed by atoms with Gasteiger partial charge in [0.25, 0.3) is 0 Å². The summed E-state index contributed by atoms with van der Waals surface area (Å²) in [5.74, 6) is -0.0153. The van der Waals surface area contributed by atoms with E-state index in [0.29, 0.717) is 22.6 Å². The van der Waals surface area contributed by atoms with Gasteiger partial charge in [0, 0.05) is 33.9 Å². The van der Waals surface area contributed by atoms with Crippen molar-refractivity contribution in [3.63, 3.8) is 0 Å². The molecule has 0 saturated carbocycles. The predicted octanol–water partition coefficient (Wildman–Crippen LogP) is 3.86. The molecule has 0 fully saturated rings. The molecule has 0 spiro atoms. The van der Waals surface area contributed by atoms with Crippen LogP contribution in [0, 0.1) is 3.57 Å². The summed E-state index contributed by atoms with van der Waals surface area (Å²) in [5, 5.41) is 0. The summed E-state index contributed by atoms with van der Waals surface area (Å²) < 4.78 is 28.4. The van der Waals surface area contributed by atoms with E-state index in [2.05, 4.69) is 37.5 Å². The average Bonchev–Trinajstić information content (AvgIpc) is 3.11. The van der Waals surface area contributed by atoms with Gasteiger partial charge in [0.2, 0.25) is 0 Å². The van der Waals surface area contributed by atoms with Crippen LogP contribution in [0.4, 0.5) is 0 Å². The topological polar surface area (TPSA) is 77.2 Å². The molecule has 0 atom stereocenters. The molecule has 8 heteroatoms. The molecular weight excluding hydrogens is 475 g/mol. The van der Waals surface area contributed by atoms with E-state index in [1.807, 2.05) is 40.9 Å². The van der Waals surface area contributed by atoms with E-state index < -0.39 is 9.84 Å². The van der Waals surface area contributed by atoms with Crippen LogP contribution >= 0.6 is 22.6 Å². The highest BCUT2D eigenvalue weighted by Crippen LogP contribution is 2.29. The maximum atomic E-state index is 12.8. The second-order valence-corrected chi connectivity index (χ2v) is 9.42. The number of rotatable bonds is 4. The first kappa shape index (κ1) is 18.1. The monoisotopic (exact) mass is 490 g/mol. The quantitative estimate of drug-likeness (QED) is 0.406. The molecule has 6 nitrogen and oxygen atoms in total. The maximum Gasteiger partial charge on any atom is 0.180 e. The molecule has 27 heavy (non-hydrogen) atoms. The zero-order valence-corrected chi connectivity index (χ0v) is 17.3. The standard InChI is InChI=1S/C19H15IN4O2S/c1-2-27(25,26)17-9-13(15-5-3-4-7-21-15)11-22-19(17)16-12-24-8-6-14(20)10-18(24)23-16/h3-12H,2H2,1H3. The molecular formula is C19H15IN4O2S. The minimum atomic E-state index is -3.49. The predicted molar refractivity (Wildman–Crippen MR) is 112 cm³/mol. The number of hydrogen-bond acceptors (Lipinski definition) is 5. The smallest absolute Gasteiger partial charge is 0.180 e. The molecule has 0 N–H and O–H groups in total. The number of halogens is 1. The Balaban J connectivity index is 1.93. The van der Waals surface area contributed by atoms with Crippen LogP contribution in [0.2, 0.25) is 0 Å². The van der Waals surface area contributed by atoms with Crippen LogP contribution in [0.1, 0.15) is 6.92 Å². The number of sulfone groups is 1. The third-order valence-electron chi connectivity index (χ3n) is 4.19. The zero-order valence-electron chi connectivity index (χ0n) is 14.4. The van der Waals surface area contributed by atoms with E-state index in [1.54, 1.807) is 31.6 Å². The fraction of sp³-hybridized carbons (Fsp3) is 0.105. The minimum absolute atomic E-state index is 0.0153. The Morgan fingerprint density at radius 3 is 2.70 bits per heavy atom. The van der Waals surface area contributed by atoms with Crippen LogP contribution < -0.4 is 0 Å². The Labute approximate surface area is 170 Å². The Hall–Kier alpha value is -2.33. The van der Waals surface area contributed by atoms with Gasteiger partial charge in [0.1, 0.15) is 17.0 Å². The summed E-state index contributed by atoms with van der Waals surface area (Å²) in [6.45, 7) is 1.62. The lowest BCUT2D eigenvalue weighted by Gasteiger charge is -2.09. The van der Waals surface area contributed by atoms with E-state index in [9.17, 15) is 8.42 Å². The molecule has 0 aliphatic rings. The molecule has 0 radical (unpaired) electrons. The molecule has 4 aromatic heterocycles. The molecule has 0 amide bonds. The number of imidazole rings is 1. The van der Waals surface area contributed by atoms with Gasteiger partial charge in [-0.2, -0.15) is 0 Å². The van der Waals surface area contributed by atoms with Gasteiger partial charge >= 0.3 is 0 Å². The highest BCUT2D eigenvalue weighted by atomic mass is 127. The van der Waals surface area contributed by atoms with Gasteiger partial charge in [-0.3, -0.25) is 9.97 Å². The average molecular weight is 490 g/mol. The molecule has 4 rings (SSSR count). The first-order valence-electron chi connectivity index (χ1n) is 8.27. The van der Waals surface area contributed by atoms with Crippen LogP contribution in [0.5, 0.6) is 0 Å². The van der Waals surface area contributed by atoms with E-state index in [-0.39, 0.29) is 10.6 Å². The number of hydrogen-bond donors (Lipinski definition) is 0. The summed E-state index contributed by atoms with van der Waals surface area (Å²) in [5.41, 5.74) is 2.96. The SMILES string of the molecule is CCS(=O)(=O)c1cc(-c2ccccn2)cnc1-c1cn2ccc(I)cc2n1. The Morgan fingerprint density at radius 2 is 1.96 bits per heavy atom. The fourth-order valence-corrected chi connectivity index (χ4v) is 4.28. The van der Waals surface area contributed by atoms with E-state index in [1.165, 1.54) is 0 Å². The van der Waals surface area contributed by atoms with E-state index >= 15 is 0 Å². The van der Waals surface area contributed by atoms with Gasteiger partial charge in [-0.05, 0) is 52.9 Å². The molecule has 0 aliphatic heterocycles. The Kier molecular flexibility index (Phi) is 4.68. The third-order valence-corrected chi connectivity index (χ3v) is 6.61. The molecule has 0 aromatic carbocycles. The van der Waals surface area contributed by atoms with Crippen molar-refractivity contribution in [1.29, 1.82) is 0 Å². The molecule has 0 aliphatic carbocycles. The van der Waals surface area contributed by atoms with E-state index in [4.69, 9.17) is 0 Å². The molecule has 4 aromatic rings. The Bertz CT molecular complexity index is 1240. The molecule has 0 saturated heterocycles. The van der Waals surface area contributed by atoms with Crippen molar-refractivity contribution >= 4 is 38.1 Å². The van der Waals surface area contributed by atoms with Crippen molar-refractivity contribution in [3.05, 3.63) is 64.8 Å². The third kappa shape index (κ3) is 3.46. The highest BCUT2D eigenvalue weighted by Gasteiger charge is 2.22. The Morgan fingerprint density at radius 1 is 1.11 bits per heavy atom. The lowest BCUT2D eigenvalue weighted by molar-refractivity contribution is 0.597. The van der Waals surface area contributed by atoms with Crippen molar-refractivity contribution in [3.8, 4) is 22.6 Å². The van der Waals surface area contributed by atoms with Crippen molar-refractivity contribution < 1.29 is 8.42 Å². The zero-order chi connectivity index (χ0) is 19.0. The first-order chi connectivity index (χ1) is 13.0. The van der Waals surface area contributed by atoms with Gasteiger partial charge in [0.15, 0.2) is 9.84 Å². The number of fused-ring (bicyclic) bond motifs is 1. The van der Waals surface area contributed by atoms with Crippen molar-refractivity contribution in [2.24, 2.45) is 0 Å². The van der Waals surface area contributed by atoms with E-state index in [0.717, 1.165) is 9.22 Å². The second kappa shape index (κ2) is 7.01. The second-order valence-electron chi connectivity index (χ2n) is 5.93. The van der Waals surface area contributed by atoms with Crippen LogP contribution in [-0.2, 0) is 9.84 Å². The highest BCUT2D eigenvalue weighted by molar-refractivity contribution is 14.1. The van der Waals surface area contributed by atoms with Crippen molar-refractivity contribution in [2.45, 2.75) is 11.8 Å². The summed E-state index contributed by atoms with van der Waals surface area (Å²) >= 11 is 2.22. The molecule has 0 bridgehead atoms. The molecule has 4 heterocycles. The summed E-state index contributed by atoms with van der Waals surface area (Å²) in [6.07, 6.45) is 6.99. The van der Waals surface area contributed by atoms with Crippen LogP contribution in [-0.4, -0.2) is 33.5 Å². The van der Waals surface area contributed by atoms with Gasteiger partial charge < -0.3 is 4.40 Å². The van der Waals surface area contributed by atoms with Crippen LogP contribution in [0.15, 0.2) is 66.1 Å². The largest absolute Gasteiger partial charge is 0.306 e. The number of nitrogens with zero attached hydrogens (tertiary/aromatic N) is 4. The lowest BCUT2D eigenvalue weighted by atomic mass is 10.1.